The molecule has 0 saturated carbocycles. The van der Waals surface area contributed by atoms with Crippen molar-refractivity contribution in [2.75, 3.05) is 13.2 Å². The fourth-order valence-electron chi connectivity index (χ4n) is 1.54. The molecule has 1 atom stereocenters. The summed E-state index contributed by atoms with van der Waals surface area (Å²) >= 11 is 0. The first kappa shape index (κ1) is 9.15. The maximum atomic E-state index is 10.6. The van der Waals surface area contributed by atoms with Gasteiger partial charge in [0.1, 0.15) is 0 Å². The Morgan fingerprint density at radius 3 is 2.93 bits per heavy atom. The molecule has 0 bridgehead atoms. The summed E-state index contributed by atoms with van der Waals surface area (Å²) in [6, 6.07) is 3.35. The summed E-state index contributed by atoms with van der Waals surface area (Å²) in [5.41, 5.74) is 1.15. The van der Waals surface area contributed by atoms with Gasteiger partial charge in [0.2, 0.25) is 0 Å². The second kappa shape index (κ2) is 3.75. The van der Waals surface area contributed by atoms with E-state index in [0.717, 1.165) is 18.7 Å². The highest BCUT2D eigenvalue weighted by Crippen LogP contribution is 2.23. The average molecular weight is 193 g/mol. The Labute approximate surface area is 81.5 Å². The lowest BCUT2D eigenvalue weighted by Gasteiger charge is -2.05. The van der Waals surface area contributed by atoms with Crippen molar-refractivity contribution in [3.63, 3.8) is 0 Å². The van der Waals surface area contributed by atoms with Crippen molar-refractivity contribution in [2.45, 2.75) is 12.3 Å². The second-order valence-electron chi connectivity index (χ2n) is 3.34. The van der Waals surface area contributed by atoms with E-state index in [1.54, 1.807) is 12.1 Å². The molecule has 2 rings (SSSR count). The SMILES string of the molecule is O=C(O)c1ccc([C@H]2CCOC2)nc1. The molecule has 0 radical (unpaired) electrons. The van der Waals surface area contributed by atoms with E-state index in [-0.39, 0.29) is 5.56 Å². The lowest BCUT2D eigenvalue weighted by atomic mass is 10.0. The molecule has 2 heterocycles. The number of nitrogens with zero attached hydrogens (tertiary/aromatic N) is 1. The number of aromatic nitrogens is 1. The minimum Gasteiger partial charge on any atom is -0.478 e. The van der Waals surface area contributed by atoms with Gasteiger partial charge in [-0.2, -0.15) is 0 Å². The van der Waals surface area contributed by atoms with Crippen LogP contribution < -0.4 is 0 Å². The van der Waals surface area contributed by atoms with E-state index in [2.05, 4.69) is 4.98 Å². The molecule has 1 N–H and O–H groups in total. The van der Waals surface area contributed by atoms with Crippen molar-refractivity contribution in [2.24, 2.45) is 0 Å². The van der Waals surface area contributed by atoms with Gasteiger partial charge in [0.25, 0.3) is 0 Å². The molecular weight excluding hydrogens is 182 g/mol. The quantitative estimate of drug-likeness (QED) is 0.768. The molecule has 1 aromatic rings. The maximum absolute atomic E-state index is 10.6. The standard InChI is InChI=1S/C10H11NO3/c12-10(13)7-1-2-9(11-5-7)8-3-4-14-6-8/h1-2,5,8H,3-4,6H2,(H,12,13)/t8-/m0/s1. The maximum Gasteiger partial charge on any atom is 0.337 e. The molecular formula is C10H11NO3. The Morgan fingerprint density at radius 1 is 1.57 bits per heavy atom. The average Bonchev–Trinajstić information content (AvgIpc) is 2.71. The van der Waals surface area contributed by atoms with Crippen molar-refractivity contribution in [1.82, 2.24) is 4.98 Å². The van der Waals surface area contributed by atoms with Crippen LogP contribution in [0, 0.1) is 0 Å². The second-order valence-corrected chi connectivity index (χ2v) is 3.34. The number of pyridine rings is 1. The van der Waals surface area contributed by atoms with Gasteiger partial charge >= 0.3 is 5.97 Å². The van der Waals surface area contributed by atoms with Gasteiger partial charge in [-0.1, -0.05) is 0 Å². The van der Waals surface area contributed by atoms with E-state index in [1.165, 1.54) is 6.20 Å². The Hall–Kier alpha value is -1.42. The molecule has 74 valence electrons. The van der Waals surface area contributed by atoms with Crippen molar-refractivity contribution in [3.05, 3.63) is 29.6 Å². The fraction of sp³-hybridized carbons (Fsp3) is 0.400. The first-order valence-corrected chi connectivity index (χ1v) is 4.54. The van der Waals surface area contributed by atoms with Gasteiger partial charge in [-0.15, -0.1) is 0 Å². The summed E-state index contributed by atoms with van der Waals surface area (Å²) in [6.45, 7) is 1.46. The largest absolute Gasteiger partial charge is 0.478 e. The lowest BCUT2D eigenvalue weighted by molar-refractivity contribution is 0.0696. The number of carboxylic acids is 1. The summed E-state index contributed by atoms with van der Waals surface area (Å²) < 4.78 is 5.23. The molecule has 1 saturated heterocycles. The molecule has 0 aromatic carbocycles. The van der Waals surface area contributed by atoms with Crippen LogP contribution in [0.15, 0.2) is 18.3 Å². The van der Waals surface area contributed by atoms with Crippen LogP contribution >= 0.6 is 0 Å². The highest BCUT2D eigenvalue weighted by molar-refractivity contribution is 5.87. The molecule has 1 aliphatic heterocycles. The summed E-state index contributed by atoms with van der Waals surface area (Å²) in [5.74, 6) is -0.607. The minimum absolute atomic E-state index is 0.229. The minimum atomic E-state index is -0.938. The van der Waals surface area contributed by atoms with Crippen LogP contribution in [-0.2, 0) is 4.74 Å². The van der Waals surface area contributed by atoms with E-state index < -0.39 is 5.97 Å². The Bertz CT molecular complexity index is 328. The van der Waals surface area contributed by atoms with Gasteiger partial charge in [0, 0.05) is 24.4 Å². The summed E-state index contributed by atoms with van der Waals surface area (Å²) in [5, 5.41) is 8.68. The van der Waals surface area contributed by atoms with Gasteiger partial charge in [0.05, 0.1) is 12.2 Å². The zero-order chi connectivity index (χ0) is 9.97. The third kappa shape index (κ3) is 1.75. The third-order valence-corrected chi connectivity index (χ3v) is 2.38. The molecule has 1 fully saturated rings. The number of aromatic carboxylic acids is 1. The third-order valence-electron chi connectivity index (χ3n) is 2.38. The van der Waals surface area contributed by atoms with Gasteiger partial charge in [-0.05, 0) is 18.6 Å². The molecule has 14 heavy (non-hydrogen) atoms. The van der Waals surface area contributed by atoms with Crippen LogP contribution in [0.5, 0.6) is 0 Å². The monoisotopic (exact) mass is 193 g/mol. The van der Waals surface area contributed by atoms with E-state index in [4.69, 9.17) is 9.84 Å². The molecule has 4 nitrogen and oxygen atoms in total. The van der Waals surface area contributed by atoms with Crippen LogP contribution in [0.25, 0.3) is 0 Å². The highest BCUT2D eigenvalue weighted by Gasteiger charge is 2.18. The highest BCUT2D eigenvalue weighted by atomic mass is 16.5. The van der Waals surface area contributed by atoms with Crippen molar-refractivity contribution < 1.29 is 14.6 Å². The number of carboxylic acid groups (broad SMARTS) is 1. The lowest BCUT2D eigenvalue weighted by Crippen LogP contribution is -2.03. The predicted octanol–water partition coefficient (Wildman–Crippen LogP) is 1.28. The fourth-order valence-corrected chi connectivity index (χ4v) is 1.54. The van der Waals surface area contributed by atoms with Crippen LogP contribution in [0.3, 0.4) is 0 Å². The van der Waals surface area contributed by atoms with Gasteiger partial charge < -0.3 is 9.84 Å². The number of hydrogen-bond acceptors (Lipinski definition) is 3. The number of hydrogen-bond donors (Lipinski definition) is 1. The summed E-state index contributed by atoms with van der Waals surface area (Å²) in [6.07, 6.45) is 2.37. The Morgan fingerprint density at radius 2 is 2.43 bits per heavy atom. The molecule has 1 aliphatic rings. The zero-order valence-electron chi connectivity index (χ0n) is 7.64. The number of rotatable bonds is 2. The van der Waals surface area contributed by atoms with Crippen LogP contribution in [0.1, 0.15) is 28.4 Å². The van der Waals surface area contributed by atoms with Crippen molar-refractivity contribution in [3.8, 4) is 0 Å². The Kier molecular flexibility index (Phi) is 2.45. The van der Waals surface area contributed by atoms with Crippen LogP contribution in [0.2, 0.25) is 0 Å². The van der Waals surface area contributed by atoms with E-state index in [0.29, 0.717) is 12.5 Å². The molecule has 0 spiro atoms. The van der Waals surface area contributed by atoms with E-state index >= 15 is 0 Å². The van der Waals surface area contributed by atoms with Gasteiger partial charge in [-0.25, -0.2) is 4.79 Å². The van der Waals surface area contributed by atoms with Crippen molar-refractivity contribution in [1.29, 1.82) is 0 Å². The zero-order valence-corrected chi connectivity index (χ0v) is 7.64. The van der Waals surface area contributed by atoms with E-state index in [1.807, 2.05) is 0 Å². The van der Waals surface area contributed by atoms with Crippen molar-refractivity contribution >= 4 is 5.97 Å². The molecule has 0 amide bonds. The first-order valence-electron chi connectivity index (χ1n) is 4.54. The van der Waals surface area contributed by atoms with Gasteiger partial charge in [-0.3, -0.25) is 4.98 Å². The molecule has 1 aromatic heterocycles. The number of carbonyl (C=O) groups is 1. The summed E-state index contributed by atoms with van der Waals surface area (Å²) in [4.78, 5) is 14.7. The first-order chi connectivity index (χ1) is 6.77. The topological polar surface area (TPSA) is 59.4 Å². The molecule has 4 heteroatoms. The van der Waals surface area contributed by atoms with Crippen LogP contribution in [0.4, 0.5) is 0 Å². The normalized spacial score (nSPS) is 21.0. The smallest absolute Gasteiger partial charge is 0.337 e. The predicted molar refractivity (Wildman–Crippen MR) is 49.4 cm³/mol. The number of ether oxygens (including phenoxy) is 1. The van der Waals surface area contributed by atoms with E-state index in [9.17, 15) is 4.79 Å². The van der Waals surface area contributed by atoms with Gasteiger partial charge in [0.15, 0.2) is 0 Å². The summed E-state index contributed by atoms with van der Waals surface area (Å²) in [7, 11) is 0. The Balaban J connectivity index is 2.16. The molecule has 0 unspecified atom stereocenters. The molecule has 0 aliphatic carbocycles. The van der Waals surface area contributed by atoms with Crippen LogP contribution in [-0.4, -0.2) is 29.3 Å².